The molecule has 1 aliphatic carbocycles. The van der Waals surface area contributed by atoms with E-state index in [1.54, 1.807) is 0 Å². The molecule has 6 heteroatoms. The minimum absolute atomic E-state index is 0.124. The fraction of sp³-hybridized carbons (Fsp3) is 0.667. The molecule has 4 rings (SSSR count). The quantitative estimate of drug-likeness (QED) is 0.857. The van der Waals surface area contributed by atoms with Gasteiger partial charge in [0.1, 0.15) is 11.6 Å². The molecular weight excluding hydrogens is 348 g/mol. The van der Waals surface area contributed by atoms with Crippen LogP contribution in [-0.2, 0) is 11.3 Å². The van der Waals surface area contributed by atoms with E-state index in [4.69, 9.17) is 0 Å². The third-order valence-corrected chi connectivity index (χ3v) is 6.22. The Hall–Kier alpha value is -1.53. The second kappa shape index (κ2) is 8.23. The summed E-state index contributed by atoms with van der Waals surface area (Å²) in [5, 5.41) is 3.15. The lowest BCUT2D eigenvalue weighted by Gasteiger charge is -2.42. The Balaban J connectivity index is 1.27. The fourth-order valence-electron chi connectivity index (χ4n) is 4.45. The smallest absolute Gasteiger partial charge is 0.224 e. The average molecular weight is 377 g/mol. The number of carbonyl (C=O) groups is 1. The SMILES string of the molecule is O=C(NC1CC1)[C@H]1CCCN(C2CCN(Cc3cc(F)ccc3F)CC2)C1. The van der Waals surface area contributed by atoms with Crippen molar-refractivity contribution >= 4 is 5.91 Å². The summed E-state index contributed by atoms with van der Waals surface area (Å²) in [7, 11) is 0. The van der Waals surface area contributed by atoms with E-state index in [0.29, 0.717) is 24.2 Å². The molecule has 27 heavy (non-hydrogen) atoms. The van der Waals surface area contributed by atoms with E-state index in [1.165, 1.54) is 12.1 Å². The lowest BCUT2D eigenvalue weighted by Crippen LogP contribution is -2.50. The van der Waals surface area contributed by atoms with Gasteiger partial charge < -0.3 is 5.32 Å². The zero-order chi connectivity index (χ0) is 18.8. The number of hydrogen-bond acceptors (Lipinski definition) is 3. The lowest BCUT2D eigenvalue weighted by molar-refractivity contribution is -0.127. The van der Waals surface area contributed by atoms with Crippen molar-refractivity contribution in [2.24, 2.45) is 5.92 Å². The first-order valence-corrected chi connectivity index (χ1v) is 10.3. The van der Waals surface area contributed by atoms with Crippen LogP contribution in [0.15, 0.2) is 18.2 Å². The summed E-state index contributed by atoms with van der Waals surface area (Å²) in [5.74, 6) is -0.357. The average Bonchev–Trinajstić information content (AvgIpc) is 3.49. The molecule has 0 spiro atoms. The van der Waals surface area contributed by atoms with E-state index in [-0.39, 0.29) is 23.5 Å². The van der Waals surface area contributed by atoms with Crippen molar-refractivity contribution in [3.05, 3.63) is 35.4 Å². The molecule has 4 nitrogen and oxygen atoms in total. The summed E-state index contributed by atoms with van der Waals surface area (Å²) in [6.07, 6.45) is 6.38. The monoisotopic (exact) mass is 377 g/mol. The van der Waals surface area contributed by atoms with E-state index in [9.17, 15) is 13.6 Å². The van der Waals surface area contributed by atoms with Gasteiger partial charge in [-0.25, -0.2) is 8.78 Å². The molecular formula is C21H29F2N3O. The van der Waals surface area contributed by atoms with Crippen LogP contribution in [0, 0.1) is 17.6 Å². The van der Waals surface area contributed by atoms with Crippen molar-refractivity contribution in [2.45, 2.75) is 57.2 Å². The highest BCUT2D eigenvalue weighted by atomic mass is 19.1. The number of carbonyl (C=O) groups excluding carboxylic acids is 1. The van der Waals surface area contributed by atoms with Crippen LogP contribution >= 0.6 is 0 Å². The normalized spacial score (nSPS) is 25.5. The van der Waals surface area contributed by atoms with E-state index in [0.717, 1.165) is 70.8 Å². The zero-order valence-corrected chi connectivity index (χ0v) is 15.8. The molecule has 1 atom stereocenters. The van der Waals surface area contributed by atoms with Crippen molar-refractivity contribution in [2.75, 3.05) is 26.2 Å². The van der Waals surface area contributed by atoms with Crippen molar-refractivity contribution in [1.82, 2.24) is 15.1 Å². The molecule has 3 aliphatic rings. The Bertz CT molecular complexity index is 671. The maximum absolute atomic E-state index is 13.9. The number of nitrogens with zero attached hydrogens (tertiary/aromatic N) is 2. The van der Waals surface area contributed by atoms with Crippen LogP contribution in [0.25, 0.3) is 0 Å². The van der Waals surface area contributed by atoms with Gasteiger partial charge in [0.2, 0.25) is 5.91 Å². The number of likely N-dealkylation sites (tertiary alicyclic amines) is 2. The molecule has 2 heterocycles. The summed E-state index contributed by atoms with van der Waals surface area (Å²) in [5.41, 5.74) is 0.434. The number of halogens is 2. The van der Waals surface area contributed by atoms with Crippen molar-refractivity contribution in [3.63, 3.8) is 0 Å². The number of amides is 1. The van der Waals surface area contributed by atoms with E-state index < -0.39 is 0 Å². The Morgan fingerprint density at radius 3 is 2.59 bits per heavy atom. The van der Waals surface area contributed by atoms with Gasteiger partial charge in [-0.3, -0.25) is 14.6 Å². The molecule has 3 fully saturated rings. The molecule has 0 aromatic heterocycles. The molecule has 0 radical (unpaired) electrons. The highest BCUT2D eigenvalue weighted by Crippen LogP contribution is 2.26. The summed E-state index contributed by atoms with van der Waals surface area (Å²) < 4.78 is 27.2. The predicted molar refractivity (Wildman–Crippen MR) is 100 cm³/mol. The van der Waals surface area contributed by atoms with Crippen LogP contribution < -0.4 is 5.32 Å². The molecule has 2 saturated heterocycles. The maximum Gasteiger partial charge on any atom is 0.224 e. The van der Waals surface area contributed by atoms with Crippen LogP contribution in [0.5, 0.6) is 0 Å². The minimum atomic E-state index is -0.384. The van der Waals surface area contributed by atoms with Gasteiger partial charge in [-0.1, -0.05) is 0 Å². The Kier molecular flexibility index (Phi) is 5.74. The zero-order valence-electron chi connectivity index (χ0n) is 15.8. The number of hydrogen-bond donors (Lipinski definition) is 1. The van der Waals surface area contributed by atoms with Gasteiger partial charge in [0, 0.05) is 30.7 Å². The Labute approximate surface area is 159 Å². The number of nitrogens with one attached hydrogen (secondary N) is 1. The van der Waals surface area contributed by atoms with Crippen LogP contribution in [0.3, 0.4) is 0 Å². The summed E-state index contributed by atoms with van der Waals surface area (Å²) >= 11 is 0. The molecule has 2 aliphatic heterocycles. The first-order chi connectivity index (χ1) is 13.1. The Morgan fingerprint density at radius 1 is 1.07 bits per heavy atom. The molecule has 1 saturated carbocycles. The van der Waals surface area contributed by atoms with Crippen molar-refractivity contribution < 1.29 is 13.6 Å². The largest absolute Gasteiger partial charge is 0.353 e. The van der Waals surface area contributed by atoms with Crippen LogP contribution in [-0.4, -0.2) is 54.0 Å². The molecule has 0 unspecified atom stereocenters. The highest BCUT2D eigenvalue weighted by molar-refractivity contribution is 5.79. The highest BCUT2D eigenvalue weighted by Gasteiger charge is 2.33. The second-order valence-electron chi connectivity index (χ2n) is 8.36. The molecule has 1 amide bonds. The van der Waals surface area contributed by atoms with Gasteiger partial charge in [-0.15, -0.1) is 0 Å². The van der Waals surface area contributed by atoms with Gasteiger partial charge in [0.15, 0.2) is 0 Å². The van der Waals surface area contributed by atoms with Crippen LogP contribution in [0.1, 0.15) is 44.1 Å². The second-order valence-corrected chi connectivity index (χ2v) is 8.36. The standard InChI is InChI=1S/C21H29F2N3O/c22-17-3-6-20(23)16(12-17)13-25-10-7-19(8-11-25)26-9-1-2-15(14-26)21(27)24-18-4-5-18/h3,6,12,15,18-19H,1-2,4-5,7-11,13-14H2,(H,24,27)/t15-/m0/s1. The number of rotatable bonds is 5. The van der Waals surface area contributed by atoms with Crippen LogP contribution in [0.4, 0.5) is 8.78 Å². The maximum atomic E-state index is 13.9. The molecule has 0 bridgehead atoms. The minimum Gasteiger partial charge on any atom is -0.353 e. The number of piperidine rings is 2. The third kappa shape index (κ3) is 4.85. The molecule has 1 aromatic rings. The summed E-state index contributed by atoms with van der Waals surface area (Å²) in [6.45, 7) is 4.16. The van der Waals surface area contributed by atoms with Gasteiger partial charge in [-0.2, -0.15) is 0 Å². The third-order valence-electron chi connectivity index (χ3n) is 6.22. The Morgan fingerprint density at radius 2 is 1.85 bits per heavy atom. The number of benzene rings is 1. The molecule has 1 aromatic carbocycles. The van der Waals surface area contributed by atoms with Gasteiger partial charge in [0.05, 0.1) is 5.92 Å². The van der Waals surface area contributed by atoms with Crippen LogP contribution in [0.2, 0.25) is 0 Å². The van der Waals surface area contributed by atoms with Gasteiger partial charge >= 0.3 is 0 Å². The van der Waals surface area contributed by atoms with Gasteiger partial charge in [0.25, 0.3) is 0 Å². The topological polar surface area (TPSA) is 35.6 Å². The van der Waals surface area contributed by atoms with E-state index >= 15 is 0 Å². The first-order valence-electron chi connectivity index (χ1n) is 10.3. The van der Waals surface area contributed by atoms with Crippen molar-refractivity contribution in [3.8, 4) is 0 Å². The summed E-state index contributed by atoms with van der Waals surface area (Å²) in [4.78, 5) is 17.1. The summed E-state index contributed by atoms with van der Waals surface area (Å²) in [6, 6.07) is 4.60. The lowest BCUT2D eigenvalue weighted by atomic mass is 9.93. The fourth-order valence-corrected chi connectivity index (χ4v) is 4.45. The first kappa shape index (κ1) is 18.8. The predicted octanol–water partition coefficient (Wildman–Crippen LogP) is 2.92. The van der Waals surface area contributed by atoms with E-state index in [1.807, 2.05) is 0 Å². The van der Waals surface area contributed by atoms with Gasteiger partial charge in [-0.05, 0) is 76.4 Å². The molecule has 1 N–H and O–H groups in total. The van der Waals surface area contributed by atoms with E-state index in [2.05, 4.69) is 15.1 Å². The van der Waals surface area contributed by atoms with Crippen molar-refractivity contribution in [1.29, 1.82) is 0 Å². The molecule has 148 valence electrons.